The Balaban J connectivity index is 2.22. The number of nitrogens with one attached hydrogen (secondary N) is 1. The van der Waals surface area contributed by atoms with Crippen molar-refractivity contribution in [2.45, 2.75) is 6.92 Å². The van der Waals surface area contributed by atoms with Crippen molar-refractivity contribution < 1.29 is 9.53 Å². The summed E-state index contributed by atoms with van der Waals surface area (Å²) in [6.07, 6.45) is 8.38. The van der Waals surface area contributed by atoms with Crippen LogP contribution in [0.1, 0.15) is 16.8 Å². The largest absolute Gasteiger partial charge is 0.448 e. The molecule has 0 saturated heterocycles. The fourth-order valence-corrected chi connectivity index (χ4v) is 2.66. The third-order valence-corrected chi connectivity index (χ3v) is 4.23. The van der Waals surface area contributed by atoms with E-state index in [0.29, 0.717) is 19.0 Å². The lowest BCUT2D eigenvalue weighted by atomic mass is 10.1. The zero-order chi connectivity index (χ0) is 21.4. The number of aliphatic imine (C=N–C) groups is 2. The monoisotopic (exact) mass is 396 g/mol. The van der Waals surface area contributed by atoms with Crippen LogP contribution in [0.15, 0.2) is 53.0 Å². The summed E-state index contributed by atoms with van der Waals surface area (Å²) in [6.45, 7) is 6.78. The average molecular weight is 396 g/mol. The van der Waals surface area contributed by atoms with Crippen molar-refractivity contribution in [1.29, 1.82) is 0 Å². The molecule has 0 fully saturated rings. The van der Waals surface area contributed by atoms with E-state index >= 15 is 0 Å². The van der Waals surface area contributed by atoms with Gasteiger partial charge in [-0.1, -0.05) is 12.7 Å². The highest BCUT2D eigenvalue weighted by atomic mass is 16.5. The van der Waals surface area contributed by atoms with Crippen LogP contribution in [0.3, 0.4) is 0 Å². The summed E-state index contributed by atoms with van der Waals surface area (Å²) in [6, 6.07) is 1.92. The number of hydrogen-bond acceptors (Lipinski definition) is 7. The van der Waals surface area contributed by atoms with Gasteiger partial charge in [-0.15, -0.1) is 0 Å². The second kappa shape index (κ2) is 10.3. The third kappa shape index (κ3) is 5.86. The number of amidine groups is 1. The van der Waals surface area contributed by atoms with Crippen molar-refractivity contribution in [3.8, 4) is 0 Å². The van der Waals surface area contributed by atoms with Crippen LogP contribution in [0.25, 0.3) is 5.57 Å². The van der Waals surface area contributed by atoms with E-state index in [9.17, 15) is 4.79 Å². The van der Waals surface area contributed by atoms with Gasteiger partial charge in [0, 0.05) is 50.4 Å². The number of nitrogens with zero attached hydrogens (tertiary/aromatic N) is 5. The number of aryl methyl sites for hydroxylation is 1. The van der Waals surface area contributed by atoms with Crippen LogP contribution in [0.4, 0.5) is 4.79 Å². The molecule has 0 bridgehead atoms. The van der Waals surface area contributed by atoms with Crippen molar-refractivity contribution >= 4 is 23.7 Å². The lowest BCUT2D eigenvalue weighted by Gasteiger charge is -2.20. The van der Waals surface area contributed by atoms with Gasteiger partial charge in [0.1, 0.15) is 18.3 Å². The Kier molecular flexibility index (Phi) is 7.85. The Morgan fingerprint density at radius 3 is 2.79 bits per heavy atom. The second-order valence-electron chi connectivity index (χ2n) is 6.69. The SMILES string of the molecule is C=C/C(=C1/N=CC=CN1C)c1cc(C)c(C(=NC)NC(=O)OCCN(C)C)cn1. The van der Waals surface area contributed by atoms with E-state index < -0.39 is 6.09 Å². The number of allylic oxidation sites excluding steroid dienone is 3. The number of ether oxygens (including phenoxy) is 1. The van der Waals surface area contributed by atoms with Crippen LogP contribution in [0, 0.1) is 6.92 Å². The number of aromatic nitrogens is 1. The number of likely N-dealkylation sites (N-methyl/N-ethyl adjacent to an activating group) is 1. The molecular weight excluding hydrogens is 368 g/mol. The van der Waals surface area contributed by atoms with Gasteiger partial charge in [-0.2, -0.15) is 0 Å². The van der Waals surface area contributed by atoms with E-state index in [0.717, 1.165) is 28.2 Å². The Bertz CT molecular complexity index is 883. The summed E-state index contributed by atoms with van der Waals surface area (Å²) < 4.78 is 5.18. The molecule has 1 N–H and O–H groups in total. The molecule has 1 aromatic heterocycles. The van der Waals surface area contributed by atoms with E-state index in [2.05, 4.69) is 26.9 Å². The Morgan fingerprint density at radius 2 is 2.21 bits per heavy atom. The minimum Gasteiger partial charge on any atom is -0.448 e. The topological polar surface area (TPSA) is 82.4 Å². The van der Waals surface area contributed by atoms with Crippen LogP contribution < -0.4 is 5.32 Å². The van der Waals surface area contributed by atoms with Gasteiger partial charge in [0.05, 0.1) is 5.69 Å². The predicted octanol–water partition coefficient (Wildman–Crippen LogP) is 2.44. The number of hydrogen-bond donors (Lipinski definition) is 1. The average Bonchev–Trinajstić information content (AvgIpc) is 2.68. The zero-order valence-corrected chi connectivity index (χ0v) is 17.6. The van der Waals surface area contributed by atoms with Gasteiger partial charge in [0.15, 0.2) is 0 Å². The zero-order valence-electron chi connectivity index (χ0n) is 17.6. The molecule has 2 heterocycles. The van der Waals surface area contributed by atoms with Crippen molar-refractivity contribution in [2.24, 2.45) is 9.98 Å². The molecule has 0 aromatic carbocycles. The van der Waals surface area contributed by atoms with Crippen LogP contribution in [-0.2, 0) is 4.74 Å². The molecular formula is C21H28N6O2. The molecule has 0 aliphatic carbocycles. The van der Waals surface area contributed by atoms with Gasteiger partial charge in [-0.25, -0.2) is 9.79 Å². The fraction of sp³-hybridized carbons (Fsp3) is 0.333. The first-order valence-corrected chi connectivity index (χ1v) is 9.20. The van der Waals surface area contributed by atoms with Crippen LogP contribution >= 0.6 is 0 Å². The van der Waals surface area contributed by atoms with Crippen molar-refractivity contribution in [2.75, 3.05) is 41.3 Å². The molecule has 2 rings (SSSR count). The highest BCUT2D eigenvalue weighted by Crippen LogP contribution is 2.24. The van der Waals surface area contributed by atoms with Crippen LogP contribution in [0.2, 0.25) is 0 Å². The second-order valence-corrected chi connectivity index (χ2v) is 6.69. The van der Waals surface area contributed by atoms with E-state index in [4.69, 9.17) is 4.74 Å². The number of carbonyl (C=O) groups excluding carboxylic acids is 1. The lowest BCUT2D eigenvalue weighted by molar-refractivity contribution is 0.142. The molecule has 29 heavy (non-hydrogen) atoms. The highest BCUT2D eigenvalue weighted by molar-refractivity contribution is 6.07. The number of alkyl carbamates (subject to hydrolysis) is 1. The third-order valence-electron chi connectivity index (χ3n) is 4.23. The van der Waals surface area contributed by atoms with Gasteiger partial charge >= 0.3 is 6.09 Å². The maximum atomic E-state index is 12.0. The summed E-state index contributed by atoms with van der Waals surface area (Å²) in [5, 5.41) is 2.69. The van der Waals surface area contributed by atoms with Gasteiger partial charge in [-0.3, -0.25) is 15.3 Å². The minimum absolute atomic E-state index is 0.296. The fourth-order valence-electron chi connectivity index (χ4n) is 2.66. The molecule has 0 saturated carbocycles. The number of amides is 1. The van der Waals surface area contributed by atoms with Gasteiger partial charge in [0.25, 0.3) is 0 Å². The van der Waals surface area contributed by atoms with Crippen molar-refractivity contribution in [1.82, 2.24) is 20.1 Å². The smallest absolute Gasteiger partial charge is 0.412 e. The molecule has 0 unspecified atom stereocenters. The molecule has 8 heteroatoms. The van der Waals surface area contributed by atoms with Gasteiger partial charge < -0.3 is 14.5 Å². The Labute approximate surface area is 172 Å². The predicted molar refractivity (Wildman–Crippen MR) is 117 cm³/mol. The van der Waals surface area contributed by atoms with E-state index in [1.165, 1.54) is 0 Å². The number of pyridine rings is 1. The standard InChI is InChI=1S/C21H28N6O2/c1-7-16(20-23-9-8-10-27(20)6)18-13-15(2)17(14-24-18)19(22-3)25-21(28)29-12-11-26(4)5/h7-10,13-14H,1,11-12H2,2-6H3,(H,22,25,28)/b20-16+. The van der Waals surface area contributed by atoms with Crippen molar-refractivity contribution in [3.63, 3.8) is 0 Å². The van der Waals surface area contributed by atoms with Crippen LogP contribution in [-0.4, -0.2) is 74.3 Å². The van der Waals surface area contributed by atoms with E-state index in [1.54, 1.807) is 25.5 Å². The number of carbonyl (C=O) groups is 1. The van der Waals surface area contributed by atoms with Gasteiger partial charge in [0.2, 0.25) is 0 Å². The first kappa shape index (κ1) is 22.0. The summed E-state index contributed by atoms with van der Waals surface area (Å²) in [5.74, 6) is 1.16. The number of rotatable bonds is 6. The lowest BCUT2D eigenvalue weighted by Crippen LogP contribution is -2.34. The molecule has 1 amide bonds. The normalized spacial score (nSPS) is 15.5. The maximum Gasteiger partial charge on any atom is 0.412 e. The Hall–Kier alpha value is -3.26. The molecule has 0 atom stereocenters. The molecule has 8 nitrogen and oxygen atoms in total. The summed E-state index contributed by atoms with van der Waals surface area (Å²) in [5.41, 5.74) is 3.17. The molecule has 1 aliphatic heterocycles. The minimum atomic E-state index is -0.547. The molecule has 1 aromatic rings. The summed E-state index contributed by atoms with van der Waals surface area (Å²) >= 11 is 0. The highest BCUT2D eigenvalue weighted by Gasteiger charge is 2.16. The molecule has 1 aliphatic rings. The van der Waals surface area contributed by atoms with Gasteiger partial charge in [-0.05, 0) is 38.7 Å². The first-order chi connectivity index (χ1) is 13.9. The molecule has 0 radical (unpaired) electrons. The summed E-state index contributed by atoms with van der Waals surface area (Å²) in [4.78, 5) is 29.0. The summed E-state index contributed by atoms with van der Waals surface area (Å²) in [7, 11) is 7.35. The Morgan fingerprint density at radius 1 is 1.45 bits per heavy atom. The van der Waals surface area contributed by atoms with E-state index in [1.807, 2.05) is 56.2 Å². The quantitative estimate of drug-likeness (QED) is 0.590. The van der Waals surface area contributed by atoms with E-state index in [-0.39, 0.29) is 0 Å². The van der Waals surface area contributed by atoms with Crippen molar-refractivity contribution in [3.05, 3.63) is 59.8 Å². The first-order valence-electron chi connectivity index (χ1n) is 9.20. The molecule has 0 spiro atoms. The van der Waals surface area contributed by atoms with Crippen LogP contribution in [0.5, 0.6) is 0 Å². The maximum absolute atomic E-state index is 12.0. The molecule has 154 valence electrons.